The number of aliphatic imine (C=N–C) groups is 1. The van der Waals surface area contributed by atoms with Crippen molar-refractivity contribution in [3.8, 4) is 28.1 Å². The van der Waals surface area contributed by atoms with Crippen LogP contribution in [0.4, 0.5) is 9.59 Å². The number of H-pyrrole nitrogens is 1. The minimum Gasteiger partial charge on any atom is -0.488 e. The van der Waals surface area contributed by atoms with Crippen LogP contribution < -0.4 is 15.4 Å². The molecule has 4 amide bonds. The lowest BCUT2D eigenvalue weighted by molar-refractivity contribution is -0.135. The van der Waals surface area contributed by atoms with E-state index in [0.29, 0.717) is 31.9 Å². The number of rotatable bonds is 10. The van der Waals surface area contributed by atoms with Crippen molar-refractivity contribution in [1.29, 1.82) is 0 Å². The van der Waals surface area contributed by atoms with Gasteiger partial charge in [0.05, 0.1) is 38.2 Å². The fraction of sp³-hybridized carbons (Fsp3) is 0.476. The van der Waals surface area contributed by atoms with Gasteiger partial charge in [-0.05, 0) is 78.0 Å². The smallest absolute Gasteiger partial charge is 0.407 e. The van der Waals surface area contributed by atoms with Crippen LogP contribution in [0.15, 0.2) is 53.8 Å². The summed E-state index contributed by atoms with van der Waals surface area (Å²) in [5.41, 5.74) is 8.06. The van der Waals surface area contributed by atoms with E-state index in [1.807, 2.05) is 50.9 Å². The van der Waals surface area contributed by atoms with Crippen LogP contribution in [0.25, 0.3) is 28.0 Å². The quantitative estimate of drug-likeness (QED) is 0.218. The Labute approximate surface area is 327 Å². The number of imidazole rings is 1. The molecule has 3 aromatic rings. The van der Waals surface area contributed by atoms with Crippen molar-refractivity contribution in [3.63, 3.8) is 0 Å². The van der Waals surface area contributed by atoms with E-state index in [0.717, 1.165) is 76.2 Å². The van der Waals surface area contributed by atoms with Crippen LogP contribution in [0, 0.1) is 11.8 Å². The first kappa shape index (κ1) is 38.6. The number of allylic oxidation sites excluding steroid dienone is 1. The zero-order valence-corrected chi connectivity index (χ0v) is 32.9. The lowest BCUT2D eigenvalue weighted by Gasteiger charge is -2.31. The van der Waals surface area contributed by atoms with Crippen molar-refractivity contribution in [2.24, 2.45) is 16.8 Å². The third-order valence-electron chi connectivity index (χ3n) is 11.4. The predicted molar refractivity (Wildman–Crippen MR) is 211 cm³/mol. The predicted octanol–water partition coefficient (Wildman–Crippen LogP) is 6.24. The zero-order valence-electron chi connectivity index (χ0n) is 32.9. The summed E-state index contributed by atoms with van der Waals surface area (Å²) in [6.45, 7) is 9.25. The Hall–Kier alpha value is -5.66. The van der Waals surface area contributed by atoms with Crippen molar-refractivity contribution in [1.82, 2.24) is 30.4 Å². The maximum Gasteiger partial charge on any atom is 0.407 e. The molecule has 0 saturated carbocycles. The molecule has 2 fully saturated rings. The average Bonchev–Trinajstić information content (AvgIpc) is 4.04. The average molecular weight is 766 g/mol. The third-order valence-corrected chi connectivity index (χ3v) is 11.4. The van der Waals surface area contributed by atoms with Crippen molar-refractivity contribution in [2.45, 2.75) is 90.6 Å². The lowest BCUT2D eigenvalue weighted by Crippen LogP contribution is -2.53. The van der Waals surface area contributed by atoms with E-state index in [1.165, 1.54) is 14.2 Å². The lowest BCUT2D eigenvalue weighted by atomic mass is 9.91. The number of nitrogens with one attached hydrogen (secondary N) is 3. The number of fused-ring (bicyclic) bond motifs is 3. The molecule has 0 aliphatic carbocycles. The molecule has 0 unspecified atom stereocenters. The Kier molecular flexibility index (Phi) is 11.2. The highest BCUT2D eigenvalue weighted by Gasteiger charge is 2.39. The summed E-state index contributed by atoms with van der Waals surface area (Å²) in [6, 6.07) is 10.9. The highest BCUT2D eigenvalue weighted by molar-refractivity contribution is 6.04. The SMILES string of the molecule is COC(=O)N[C@H](C(=O)N1CCC[C@H]1C1=NC=C(c2ccc3c(c2)COc2cc(-c4cnc([C@@H]5CCCN5C(=O)[C@@H](NC(=O)OC)C(C)C)[nH]4)ccc2-3)C1)C(C)C. The molecule has 56 heavy (non-hydrogen) atoms. The fourth-order valence-electron chi connectivity index (χ4n) is 8.29. The van der Waals surface area contributed by atoms with Crippen LogP contribution in [0.1, 0.15) is 82.8 Å². The van der Waals surface area contributed by atoms with Gasteiger partial charge in [0.25, 0.3) is 0 Å². The Balaban J connectivity index is 1.02. The molecular weight excluding hydrogens is 715 g/mol. The Morgan fingerprint density at radius 1 is 0.821 bits per heavy atom. The molecule has 4 atom stereocenters. The molecule has 1 aromatic heterocycles. The number of aromatic amines is 1. The Bertz CT molecular complexity index is 2070. The molecular formula is C42H51N7O7. The molecule has 0 bridgehead atoms. The van der Waals surface area contributed by atoms with Gasteiger partial charge in [-0.1, -0.05) is 45.9 Å². The molecule has 14 nitrogen and oxygen atoms in total. The third kappa shape index (κ3) is 7.61. The highest BCUT2D eigenvalue weighted by Crippen LogP contribution is 2.42. The van der Waals surface area contributed by atoms with Crippen molar-refractivity contribution < 1.29 is 33.4 Å². The Morgan fingerprint density at radius 2 is 1.43 bits per heavy atom. The van der Waals surface area contributed by atoms with Crippen molar-refractivity contribution in [2.75, 3.05) is 27.3 Å². The number of methoxy groups -OCH3 is 2. The van der Waals surface area contributed by atoms with Crippen LogP contribution in [-0.2, 0) is 25.7 Å². The van der Waals surface area contributed by atoms with E-state index in [9.17, 15) is 19.2 Å². The number of benzene rings is 2. The van der Waals surface area contributed by atoms with E-state index >= 15 is 0 Å². The minimum absolute atomic E-state index is 0.0932. The molecule has 296 valence electrons. The summed E-state index contributed by atoms with van der Waals surface area (Å²) < 4.78 is 15.9. The van der Waals surface area contributed by atoms with E-state index in [4.69, 9.17) is 24.2 Å². The number of aromatic nitrogens is 2. The second kappa shape index (κ2) is 16.2. The van der Waals surface area contributed by atoms with Gasteiger partial charge >= 0.3 is 12.2 Å². The molecule has 4 aliphatic rings. The molecule has 3 N–H and O–H groups in total. The molecule has 7 rings (SSSR count). The van der Waals surface area contributed by atoms with E-state index < -0.39 is 24.3 Å². The molecule has 14 heteroatoms. The number of amides is 4. The topological polar surface area (TPSA) is 168 Å². The summed E-state index contributed by atoms with van der Waals surface area (Å²) >= 11 is 0. The molecule has 2 aromatic carbocycles. The van der Waals surface area contributed by atoms with Gasteiger partial charge in [0.2, 0.25) is 11.8 Å². The summed E-state index contributed by atoms with van der Waals surface area (Å²) in [5.74, 6) is 1.03. The van der Waals surface area contributed by atoms with Gasteiger partial charge in [-0.15, -0.1) is 0 Å². The van der Waals surface area contributed by atoms with Crippen LogP contribution in [-0.4, -0.2) is 94.9 Å². The minimum atomic E-state index is -0.697. The summed E-state index contributed by atoms with van der Waals surface area (Å²) in [4.78, 5) is 67.8. The van der Waals surface area contributed by atoms with Crippen LogP contribution in [0.3, 0.4) is 0 Å². The normalized spacial score (nSPS) is 19.8. The fourth-order valence-corrected chi connectivity index (χ4v) is 8.29. The molecule has 0 radical (unpaired) electrons. The number of carbonyl (C=O) groups excluding carboxylic acids is 4. The standard InChI is InChI=1S/C42H51N7O7/c1-23(2)36(46-41(52)54-5)39(50)48-15-7-9-33(48)31-18-27(20-43-31)25-11-13-29-28(17-25)22-56-35-19-26(12-14-30(29)35)32-21-44-38(45-32)34-10-8-16-49(34)40(51)37(24(3)4)47-42(53)55-6/h11-14,17,19-21,23-24,33-34,36-37H,7-10,15-16,18,22H2,1-6H3,(H,44,45)(H,46,52)(H,47,53)/t33-,34-,36-,37-/m0/s1. The van der Waals surface area contributed by atoms with Crippen LogP contribution in [0.5, 0.6) is 5.75 Å². The maximum atomic E-state index is 13.6. The number of nitrogens with zero attached hydrogens (tertiary/aromatic N) is 4. The number of ether oxygens (including phenoxy) is 3. The van der Waals surface area contributed by atoms with E-state index in [1.54, 1.807) is 11.1 Å². The second-order valence-electron chi connectivity index (χ2n) is 15.6. The molecule has 5 heterocycles. The van der Waals surface area contributed by atoms with Gasteiger partial charge in [0.1, 0.15) is 30.3 Å². The van der Waals surface area contributed by atoms with E-state index in [2.05, 4.69) is 39.9 Å². The highest BCUT2D eigenvalue weighted by atomic mass is 16.5. The van der Waals surface area contributed by atoms with E-state index in [-0.39, 0.29) is 35.7 Å². The van der Waals surface area contributed by atoms with Gasteiger partial charge in [-0.25, -0.2) is 14.6 Å². The molecule has 4 aliphatic heterocycles. The number of hydrogen-bond acceptors (Lipinski definition) is 9. The summed E-state index contributed by atoms with van der Waals surface area (Å²) in [5, 5.41) is 5.42. The second-order valence-corrected chi connectivity index (χ2v) is 15.6. The van der Waals surface area contributed by atoms with Crippen molar-refractivity contribution >= 4 is 35.3 Å². The van der Waals surface area contributed by atoms with Gasteiger partial charge < -0.3 is 39.6 Å². The van der Waals surface area contributed by atoms with Gasteiger partial charge in [-0.2, -0.15) is 0 Å². The first-order valence-electron chi connectivity index (χ1n) is 19.5. The Morgan fingerprint density at radius 3 is 2.07 bits per heavy atom. The number of carbonyl (C=O) groups is 4. The van der Waals surface area contributed by atoms with Gasteiger partial charge in [0, 0.05) is 42.5 Å². The van der Waals surface area contributed by atoms with Gasteiger partial charge in [0.15, 0.2) is 0 Å². The monoisotopic (exact) mass is 765 g/mol. The number of hydrogen-bond donors (Lipinski definition) is 3. The van der Waals surface area contributed by atoms with Crippen LogP contribution >= 0.6 is 0 Å². The summed E-state index contributed by atoms with van der Waals surface area (Å²) in [6.07, 6.45) is 6.43. The first-order chi connectivity index (χ1) is 27.0. The molecule has 2 saturated heterocycles. The summed E-state index contributed by atoms with van der Waals surface area (Å²) in [7, 11) is 2.59. The largest absolute Gasteiger partial charge is 0.488 e. The van der Waals surface area contributed by atoms with Gasteiger partial charge in [-0.3, -0.25) is 14.6 Å². The van der Waals surface area contributed by atoms with Crippen LogP contribution in [0.2, 0.25) is 0 Å². The first-order valence-corrected chi connectivity index (χ1v) is 19.5. The number of likely N-dealkylation sites (tertiary alicyclic amines) is 2. The maximum absolute atomic E-state index is 13.6. The van der Waals surface area contributed by atoms with Crippen molar-refractivity contribution in [3.05, 3.63) is 65.7 Å². The number of alkyl carbamates (subject to hydrolysis) is 2. The molecule has 0 spiro atoms. The zero-order chi connectivity index (χ0) is 39.7.